The van der Waals surface area contributed by atoms with Gasteiger partial charge >= 0.3 is 0 Å². The van der Waals surface area contributed by atoms with Crippen molar-refractivity contribution in [3.05, 3.63) is 59.8 Å². The maximum absolute atomic E-state index is 13.3. The summed E-state index contributed by atoms with van der Waals surface area (Å²) in [6, 6.07) is 13.9. The van der Waals surface area contributed by atoms with E-state index in [1.807, 2.05) is 12.1 Å². The van der Waals surface area contributed by atoms with Gasteiger partial charge < -0.3 is 9.64 Å². The van der Waals surface area contributed by atoms with Crippen LogP contribution in [0.15, 0.2) is 64.5 Å². The van der Waals surface area contributed by atoms with Crippen LogP contribution in [-0.4, -0.2) is 34.7 Å². The minimum Gasteiger partial charge on any atom is -0.378 e. The molecule has 1 N–H and O–H groups in total. The van der Waals surface area contributed by atoms with Crippen LogP contribution in [0.3, 0.4) is 0 Å². The molecule has 1 saturated heterocycles. The molecule has 2 heterocycles. The molecule has 0 unspecified atom stereocenters. The molecule has 0 aliphatic carbocycles. The van der Waals surface area contributed by atoms with Crippen molar-refractivity contribution in [2.24, 2.45) is 0 Å². The molecule has 5 nitrogen and oxygen atoms in total. The highest BCUT2D eigenvalue weighted by Crippen LogP contribution is 2.36. The molecule has 1 aromatic heterocycles. The predicted octanol–water partition coefficient (Wildman–Crippen LogP) is 2.98. The van der Waals surface area contributed by atoms with Crippen molar-refractivity contribution < 1.29 is 18.1 Å². The molecule has 7 heteroatoms. The molecule has 3 aromatic rings. The molecular formula is C19H18ClN2O3S+. The molecule has 0 amide bonds. The number of ether oxygens (including phenoxy) is 1. The summed E-state index contributed by atoms with van der Waals surface area (Å²) in [6.07, 6.45) is 1.57. The fourth-order valence-corrected chi connectivity index (χ4v) is 4.88. The van der Waals surface area contributed by atoms with E-state index in [2.05, 4.69) is 9.88 Å². The number of aromatic amines is 1. The summed E-state index contributed by atoms with van der Waals surface area (Å²) in [5, 5.41) is 1.35. The number of morpholine rings is 1. The van der Waals surface area contributed by atoms with Crippen molar-refractivity contribution in [3.8, 4) is 0 Å². The third-order valence-electron chi connectivity index (χ3n) is 4.50. The number of hydrogen-bond donors (Lipinski definition) is 0. The Hall–Kier alpha value is -2.15. The number of fused-ring (bicyclic) bond motifs is 1. The summed E-state index contributed by atoms with van der Waals surface area (Å²) in [4.78, 5) is 5.69. The van der Waals surface area contributed by atoms with E-state index in [4.69, 9.17) is 16.3 Å². The van der Waals surface area contributed by atoms with Gasteiger partial charge in [0.25, 0.3) is 0 Å². The van der Waals surface area contributed by atoms with E-state index in [1.165, 1.54) is 0 Å². The first-order chi connectivity index (χ1) is 12.6. The number of sulfone groups is 1. The van der Waals surface area contributed by atoms with Gasteiger partial charge in [-0.05, 0) is 24.3 Å². The van der Waals surface area contributed by atoms with Crippen molar-refractivity contribution in [1.29, 1.82) is 0 Å². The lowest BCUT2D eigenvalue weighted by atomic mass is 10.1. The summed E-state index contributed by atoms with van der Waals surface area (Å²) >= 11 is 6.21. The van der Waals surface area contributed by atoms with Crippen LogP contribution < -0.4 is 9.88 Å². The molecule has 2 aromatic carbocycles. The maximum Gasteiger partial charge on any atom is 0.214 e. The maximum atomic E-state index is 13.3. The number of pyridine rings is 1. The van der Waals surface area contributed by atoms with E-state index >= 15 is 0 Å². The van der Waals surface area contributed by atoms with Gasteiger partial charge in [0.1, 0.15) is 0 Å². The van der Waals surface area contributed by atoms with Crippen LogP contribution >= 0.6 is 11.6 Å². The average Bonchev–Trinajstić information content (AvgIpc) is 2.68. The monoisotopic (exact) mass is 389 g/mol. The number of rotatable bonds is 3. The Morgan fingerprint density at radius 3 is 2.50 bits per heavy atom. The average molecular weight is 390 g/mol. The predicted molar refractivity (Wildman–Crippen MR) is 100 cm³/mol. The van der Waals surface area contributed by atoms with Crippen molar-refractivity contribution in [3.63, 3.8) is 0 Å². The van der Waals surface area contributed by atoms with Crippen LogP contribution in [-0.2, 0) is 14.6 Å². The second-order valence-corrected chi connectivity index (χ2v) is 8.46. The second-order valence-electron chi connectivity index (χ2n) is 6.11. The Labute approximate surface area is 157 Å². The van der Waals surface area contributed by atoms with Crippen LogP contribution in [0.1, 0.15) is 0 Å². The van der Waals surface area contributed by atoms with Gasteiger partial charge in [0, 0.05) is 24.2 Å². The summed E-state index contributed by atoms with van der Waals surface area (Å²) in [6.45, 7) is 2.38. The number of anilines is 1. The van der Waals surface area contributed by atoms with Crippen LogP contribution in [0.4, 0.5) is 5.69 Å². The minimum absolute atomic E-state index is 0.250. The molecule has 1 aliphatic rings. The first-order valence-electron chi connectivity index (χ1n) is 8.34. The standard InChI is InChI=1S/C19H17ClN2O3S/c20-14-6-7-17-16(12-14)19(22-8-10-25-11-9-22)18(13-21-17)26(23,24)15-4-2-1-3-5-15/h1-7,12-13H,8-11H2/p+1. The van der Waals surface area contributed by atoms with E-state index in [1.54, 1.807) is 42.6 Å². The van der Waals surface area contributed by atoms with Crippen molar-refractivity contribution in [1.82, 2.24) is 0 Å². The van der Waals surface area contributed by atoms with Crippen molar-refractivity contribution >= 4 is 38.0 Å². The summed E-state index contributed by atoms with van der Waals surface area (Å²) in [7, 11) is -3.68. The topological polar surface area (TPSA) is 60.8 Å². The molecule has 0 spiro atoms. The Kier molecular flexibility index (Phi) is 4.56. The first kappa shape index (κ1) is 17.3. The van der Waals surface area contributed by atoms with Gasteiger partial charge in [0.05, 0.1) is 29.2 Å². The van der Waals surface area contributed by atoms with E-state index in [0.717, 1.165) is 10.9 Å². The molecule has 1 aliphatic heterocycles. The number of aromatic nitrogens is 1. The fraction of sp³-hybridized carbons (Fsp3) is 0.211. The highest BCUT2D eigenvalue weighted by atomic mass is 35.5. The van der Waals surface area contributed by atoms with Crippen molar-refractivity contribution in [2.75, 3.05) is 31.2 Å². The first-order valence-corrected chi connectivity index (χ1v) is 10.2. The van der Waals surface area contributed by atoms with E-state index in [0.29, 0.717) is 37.0 Å². The van der Waals surface area contributed by atoms with Gasteiger partial charge in [-0.2, -0.15) is 0 Å². The lowest BCUT2D eigenvalue weighted by Crippen LogP contribution is -2.37. The molecule has 4 rings (SSSR count). The van der Waals surface area contributed by atoms with Gasteiger partial charge in [-0.15, -0.1) is 0 Å². The lowest BCUT2D eigenvalue weighted by molar-refractivity contribution is -0.347. The molecule has 0 bridgehead atoms. The van der Waals surface area contributed by atoms with Crippen LogP contribution in [0.5, 0.6) is 0 Å². The summed E-state index contributed by atoms with van der Waals surface area (Å²) in [5.74, 6) is 0. The highest BCUT2D eigenvalue weighted by Gasteiger charge is 2.30. The second kappa shape index (κ2) is 6.87. The molecular weight excluding hydrogens is 372 g/mol. The smallest absolute Gasteiger partial charge is 0.214 e. The number of nitrogens with one attached hydrogen (secondary N) is 1. The SMILES string of the molecule is O=S(=O)(c1ccccc1)c1c[nH+]c2ccc(Cl)cc2c1N1CCOCC1. The Balaban J connectivity index is 2.00. The Bertz CT molecular complexity index is 1050. The van der Waals surface area contributed by atoms with Gasteiger partial charge in [-0.1, -0.05) is 29.8 Å². The quantitative estimate of drug-likeness (QED) is 0.691. The summed E-state index contributed by atoms with van der Waals surface area (Å²) < 4.78 is 32.1. The van der Waals surface area contributed by atoms with E-state index in [-0.39, 0.29) is 9.79 Å². The van der Waals surface area contributed by atoms with Crippen LogP contribution in [0, 0.1) is 0 Å². The third-order valence-corrected chi connectivity index (χ3v) is 6.52. The molecule has 0 atom stereocenters. The highest BCUT2D eigenvalue weighted by molar-refractivity contribution is 7.91. The number of H-pyrrole nitrogens is 1. The number of hydrogen-bond acceptors (Lipinski definition) is 4. The third kappa shape index (κ3) is 3.05. The minimum atomic E-state index is -3.68. The van der Waals surface area contributed by atoms with E-state index < -0.39 is 9.84 Å². The summed E-state index contributed by atoms with van der Waals surface area (Å²) in [5.41, 5.74) is 1.51. The number of nitrogens with zero attached hydrogens (tertiary/aromatic N) is 1. The number of halogens is 1. The van der Waals surface area contributed by atoms with Crippen LogP contribution in [0.2, 0.25) is 5.02 Å². The van der Waals surface area contributed by atoms with Gasteiger partial charge in [0.15, 0.2) is 11.1 Å². The molecule has 1 fully saturated rings. The van der Waals surface area contributed by atoms with E-state index in [9.17, 15) is 8.42 Å². The molecule has 26 heavy (non-hydrogen) atoms. The largest absolute Gasteiger partial charge is 0.378 e. The van der Waals surface area contributed by atoms with Crippen LogP contribution in [0.25, 0.3) is 10.9 Å². The zero-order valence-electron chi connectivity index (χ0n) is 14.0. The molecule has 0 saturated carbocycles. The number of benzene rings is 2. The Morgan fingerprint density at radius 1 is 1.04 bits per heavy atom. The van der Waals surface area contributed by atoms with Crippen molar-refractivity contribution in [2.45, 2.75) is 9.79 Å². The fourth-order valence-electron chi connectivity index (χ4n) is 3.23. The van der Waals surface area contributed by atoms with Gasteiger partial charge in [-0.3, -0.25) is 0 Å². The lowest BCUT2D eigenvalue weighted by Gasteiger charge is -2.30. The van der Waals surface area contributed by atoms with Gasteiger partial charge in [-0.25, -0.2) is 13.4 Å². The molecule has 134 valence electrons. The van der Waals surface area contributed by atoms with Gasteiger partial charge in [0.2, 0.25) is 15.4 Å². The zero-order chi connectivity index (χ0) is 18.1. The Morgan fingerprint density at radius 2 is 1.77 bits per heavy atom. The molecule has 0 radical (unpaired) electrons. The normalized spacial score (nSPS) is 15.3. The zero-order valence-corrected chi connectivity index (χ0v) is 15.6.